The number of aromatic nitrogens is 4. The number of benzene rings is 2. The van der Waals surface area contributed by atoms with Gasteiger partial charge in [0, 0.05) is 24.3 Å². The molecule has 3 heterocycles. The Morgan fingerprint density at radius 2 is 1.77 bits per heavy atom. The van der Waals surface area contributed by atoms with Crippen LogP contribution in [0.25, 0.3) is 22.8 Å². The van der Waals surface area contributed by atoms with E-state index >= 15 is 0 Å². The third-order valence-electron chi connectivity index (χ3n) is 4.83. The van der Waals surface area contributed by atoms with E-state index in [2.05, 4.69) is 15.5 Å². The maximum absolute atomic E-state index is 13.2. The van der Waals surface area contributed by atoms with Crippen LogP contribution in [0.2, 0.25) is 0 Å². The normalized spacial score (nSPS) is 10.9. The number of nitrogens with one attached hydrogen (secondary N) is 1. The number of hydrogen-bond acceptors (Lipinski definition) is 4. The van der Waals surface area contributed by atoms with Crippen LogP contribution in [0.3, 0.4) is 0 Å². The van der Waals surface area contributed by atoms with Gasteiger partial charge in [-0.05, 0) is 55.5 Å². The van der Waals surface area contributed by atoms with Gasteiger partial charge in [-0.25, -0.2) is 9.36 Å². The maximum Gasteiger partial charge on any atom is 0.259 e. The van der Waals surface area contributed by atoms with Crippen LogP contribution in [0.1, 0.15) is 16.1 Å². The van der Waals surface area contributed by atoms with Crippen molar-refractivity contribution in [3.8, 4) is 22.8 Å². The van der Waals surface area contributed by atoms with Gasteiger partial charge in [-0.1, -0.05) is 24.3 Å². The Balaban J connectivity index is 1.51. The molecule has 0 aliphatic heterocycles. The van der Waals surface area contributed by atoms with Crippen molar-refractivity contribution in [2.45, 2.75) is 6.92 Å². The molecule has 7 nitrogen and oxygen atoms in total. The van der Waals surface area contributed by atoms with Crippen molar-refractivity contribution in [3.63, 3.8) is 0 Å². The summed E-state index contributed by atoms with van der Waals surface area (Å²) in [6, 6.07) is 22.7. The van der Waals surface area contributed by atoms with E-state index in [1.807, 2.05) is 85.9 Å². The number of aryl methyl sites for hydroxylation is 1. The third-order valence-corrected chi connectivity index (χ3v) is 4.83. The van der Waals surface area contributed by atoms with Crippen molar-refractivity contribution in [1.29, 1.82) is 0 Å². The maximum atomic E-state index is 13.2. The SMILES string of the molecule is Cc1ccc(-c2nn(-c3ccccc3)cc2C(=O)Nc2cccc(-n3cccn3)c2)o1. The summed E-state index contributed by atoms with van der Waals surface area (Å²) in [5.41, 5.74) is 3.27. The fourth-order valence-corrected chi connectivity index (χ4v) is 3.34. The van der Waals surface area contributed by atoms with Gasteiger partial charge < -0.3 is 9.73 Å². The number of anilines is 1. The van der Waals surface area contributed by atoms with Gasteiger partial charge in [-0.3, -0.25) is 4.79 Å². The summed E-state index contributed by atoms with van der Waals surface area (Å²) in [5, 5.41) is 11.8. The van der Waals surface area contributed by atoms with Crippen LogP contribution in [-0.4, -0.2) is 25.5 Å². The van der Waals surface area contributed by atoms with Crippen LogP contribution in [0, 0.1) is 6.92 Å². The summed E-state index contributed by atoms with van der Waals surface area (Å²) in [7, 11) is 0. The van der Waals surface area contributed by atoms with Gasteiger partial charge in [-0.2, -0.15) is 10.2 Å². The van der Waals surface area contributed by atoms with E-state index in [1.54, 1.807) is 21.8 Å². The molecule has 5 aromatic rings. The molecule has 31 heavy (non-hydrogen) atoms. The second-order valence-electron chi connectivity index (χ2n) is 7.04. The van der Waals surface area contributed by atoms with Crippen molar-refractivity contribution in [3.05, 3.63) is 103 Å². The highest BCUT2D eigenvalue weighted by molar-refractivity contribution is 6.07. The van der Waals surface area contributed by atoms with Crippen LogP contribution in [0.5, 0.6) is 0 Å². The van der Waals surface area contributed by atoms with E-state index < -0.39 is 0 Å². The van der Waals surface area contributed by atoms with Crippen molar-refractivity contribution in [2.24, 2.45) is 0 Å². The summed E-state index contributed by atoms with van der Waals surface area (Å²) < 4.78 is 9.18. The van der Waals surface area contributed by atoms with Gasteiger partial charge in [0.25, 0.3) is 5.91 Å². The molecule has 0 unspecified atom stereocenters. The largest absolute Gasteiger partial charge is 0.460 e. The minimum atomic E-state index is -0.274. The molecule has 5 rings (SSSR count). The van der Waals surface area contributed by atoms with E-state index in [0.717, 1.165) is 17.1 Å². The first kappa shape index (κ1) is 18.6. The number of para-hydroxylation sites is 1. The highest BCUT2D eigenvalue weighted by Crippen LogP contribution is 2.27. The zero-order chi connectivity index (χ0) is 21.2. The predicted octanol–water partition coefficient (Wildman–Crippen LogP) is 4.88. The number of furan rings is 1. The Morgan fingerprint density at radius 3 is 2.52 bits per heavy atom. The average Bonchev–Trinajstić information content (AvgIpc) is 3.55. The van der Waals surface area contributed by atoms with Gasteiger partial charge >= 0.3 is 0 Å². The van der Waals surface area contributed by atoms with Crippen molar-refractivity contribution in [1.82, 2.24) is 19.6 Å². The molecular weight excluding hydrogens is 390 g/mol. The summed E-state index contributed by atoms with van der Waals surface area (Å²) in [6.45, 7) is 1.86. The number of carbonyl (C=O) groups is 1. The molecule has 152 valence electrons. The average molecular weight is 409 g/mol. The molecular formula is C24H19N5O2. The molecule has 0 saturated heterocycles. The molecule has 0 radical (unpaired) electrons. The fourth-order valence-electron chi connectivity index (χ4n) is 3.34. The standard InChI is InChI=1S/C24H19N5O2/c1-17-11-12-22(31-17)23-21(16-29(27-23)19-8-3-2-4-9-19)24(30)26-18-7-5-10-20(15-18)28-14-6-13-25-28/h2-16H,1H3,(H,26,30). The molecule has 0 aliphatic carbocycles. The minimum Gasteiger partial charge on any atom is -0.460 e. The molecule has 0 saturated carbocycles. The van der Waals surface area contributed by atoms with Crippen molar-refractivity contribution >= 4 is 11.6 Å². The first-order valence-electron chi connectivity index (χ1n) is 9.81. The summed E-state index contributed by atoms with van der Waals surface area (Å²) in [5.74, 6) is 1.02. The first-order valence-corrected chi connectivity index (χ1v) is 9.81. The van der Waals surface area contributed by atoms with Gasteiger partial charge in [0.1, 0.15) is 11.5 Å². The Hall–Kier alpha value is -4.39. The molecule has 7 heteroatoms. The molecule has 3 aromatic heterocycles. The Kier molecular flexibility index (Phi) is 4.68. The van der Waals surface area contributed by atoms with E-state index in [9.17, 15) is 4.79 Å². The van der Waals surface area contributed by atoms with Crippen LogP contribution in [0.4, 0.5) is 5.69 Å². The van der Waals surface area contributed by atoms with Crippen molar-refractivity contribution < 1.29 is 9.21 Å². The molecule has 1 N–H and O–H groups in total. The summed E-state index contributed by atoms with van der Waals surface area (Å²) >= 11 is 0. The number of rotatable bonds is 5. The van der Waals surface area contributed by atoms with Crippen LogP contribution < -0.4 is 5.32 Å². The molecule has 0 fully saturated rings. The predicted molar refractivity (Wildman–Crippen MR) is 118 cm³/mol. The van der Waals surface area contributed by atoms with Crippen LogP contribution in [-0.2, 0) is 0 Å². The molecule has 0 atom stereocenters. The van der Waals surface area contributed by atoms with Gasteiger partial charge in [0.05, 0.1) is 16.9 Å². The number of hydrogen-bond donors (Lipinski definition) is 1. The Labute approximate surface area is 178 Å². The Morgan fingerprint density at radius 1 is 0.935 bits per heavy atom. The number of amides is 1. The quantitative estimate of drug-likeness (QED) is 0.449. The summed E-state index contributed by atoms with van der Waals surface area (Å²) in [4.78, 5) is 13.2. The van der Waals surface area contributed by atoms with Gasteiger partial charge in [0.2, 0.25) is 0 Å². The molecule has 1 amide bonds. The second kappa shape index (κ2) is 7.79. The van der Waals surface area contributed by atoms with E-state index in [1.165, 1.54) is 0 Å². The molecule has 0 bridgehead atoms. The lowest BCUT2D eigenvalue weighted by molar-refractivity contribution is 0.102. The van der Waals surface area contributed by atoms with E-state index in [4.69, 9.17) is 4.42 Å². The lowest BCUT2D eigenvalue weighted by atomic mass is 10.2. The van der Waals surface area contributed by atoms with Gasteiger partial charge in [-0.15, -0.1) is 0 Å². The minimum absolute atomic E-state index is 0.274. The summed E-state index contributed by atoms with van der Waals surface area (Å²) in [6.07, 6.45) is 5.28. The first-order chi connectivity index (χ1) is 15.2. The van der Waals surface area contributed by atoms with Gasteiger partial charge in [0.15, 0.2) is 5.76 Å². The second-order valence-corrected chi connectivity index (χ2v) is 7.04. The van der Waals surface area contributed by atoms with E-state index in [0.29, 0.717) is 22.7 Å². The van der Waals surface area contributed by atoms with Crippen molar-refractivity contribution in [2.75, 3.05) is 5.32 Å². The lowest BCUT2D eigenvalue weighted by Crippen LogP contribution is -2.12. The monoisotopic (exact) mass is 409 g/mol. The smallest absolute Gasteiger partial charge is 0.259 e. The highest BCUT2D eigenvalue weighted by atomic mass is 16.3. The highest BCUT2D eigenvalue weighted by Gasteiger charge is 2.21. The number of carbonyl (C=O) groups excluding carboxylic acids is 1. The van der Waals surface area contributed by atoms with Crippen LogP contribution in [0.15, 0.2) is 95.8 Å². The van der Waals surface area contributed by atoms with E-state index in [-0.39, 0.29) is 5.91 Å². The third kappa shape index (κ3) is 3.76. The topological polar surface area (TPSA) is 77.9 Å². The zero-order valence-corrected chi connectivity index (χ0v) is 16.8. The Bertz CT molecular complexity index is 1330. The fraction of sp³-hybridized carbons (Fsp3) is 0.0417. The number of nitrogens with zero attached hydrogens (tertiary/aromatic N) is 4. The lowest BCUT2D eigenvalue weighted by Gasteiger charge is -2.07. The molecule has 0 aliphatic rings. The molecule has 0 spiro atoms. The molecule has 2 aromatic carbocycles. The zero-order valence-electron chi connectivity index (χ0n) is 16.8. The van der Waals surface area contributed by atoms with Crippen LogP contribution >= 0.6 is 0 Å².